The van der Waals surface area contributed by atoms with Crippen LogP contribution in [0.25, 0.3) is 88.2 Å². The number of benzene rings is 6. The topological polar surface area (TPSA) is 59.7 Å². The third-order valence-corrected chi connectivity index (χ3v) is 9.36. The van der Waals surface area contributed by atoms with Crippen LogP contribution >= 0.6 is 0 Å². The first kappa shape index (κ1) is 25.7. The van der Waals surface area contributed by atoms with E-state index in [1.807, 2.05) is 36.5 Å². The second-order valence-electron chi connectivity index (χ2n) is 12.0. The van der Waals surface area contributed by atoms with Crippen molar-refractivity contribution in [3.8, 4) is 28.6 Å². The number of hydrogen-bond acceptors (Lipinski definition) is 3. The summed E-state index contributed by atoms with van der Waals surface area (Å²) in [5, 5.41) is 15.1. The van der Waals surface area contributed by atoms with E-state index >= 15 is 0 Å². The molecule has 6 aromatic carbocycles. The standard InChI is InChI=1S/C42H24N4O/c43-25-26-17-18-37-33(20-26)31-12-1-3-14-36(31)45(37)29-10-5-8-27(21-29)28-9-6-11-30(22-28)46-38-15-7-19-44-42(38)35-23-34-32-13-2-4-16-40(32)47-41(34)24-39(35)46/h1-24H. The SMILES string of the molecule is N#Cc1ccc2c(c1)c1ccccc1n2-c1cccc(-c2cccc(-n3c4cc5oc6ccccc6c5cc4c4ncccc43)c2)c1. The number of para-hydroxylation sites is 2. The minimum absolute atomic E-state index is 0.660. The van der Waals surface area contributed by atoms with Crippen molar-refractivity contribution < 1.29 is 4.42 Å². The van der Waals surface area contributed by atoms with Crippen molar-refractivity contribution in [3.63, 3.8) is 0 Å². The predicted molar refractivity (Wildman–Crippen MR) is 190 cm³/mol. The van der Waals surface area contributed by atoms with Crippen LogP contribution in [0, 0.1) is 11.3 Å². The summed E-state index contributed by atoms with van der Waals surface area (Å²) < 4.78 is 10.9. The number of fused-ring (bicyclic) bond motifs is 9. The number of pyridine rings is 1. The highest BCUT2D eigenvalue weighted by atomic mass is 16.3. The largest absolute Gasteiger partial charge is 0.456 e. The molecule has 0 amide bonds. The van der Waals surface area contributed by atoms with Crippen molar-refractivity contribution in [3.05, 3.63) is 151 Å². The van der Waals surface area contributed by atoms with Crippen LogP contribution in [-0.2, 0) is 0 Å². The van der Waals surface area contributed by atoms with Crippen LogP contribution in [-0.4, -0.2) is 14.1 Å². The van der Waals surface area contributed by atoms with Gasteiger partial charge in [0.15, 0.2) is 0 Å². The quantitative estimate of drug-likeness (QED) is 0.203. The van der Waals surface area contributed by atoms with Gasteiger partial charge in [-0.1, -0.05) is 60.7 Å². The zero-order valence-corrected chi connectivity index (χ0v) is 25.1. The van der Waals surface area contributed by atoms with Gasteiger partial charge in [0.25, 0.3) is 0 Å². The van der Waals surface area contributed by atoms with E-state index < -0.39 is 0 Å². The molecule has 4 aromatic heterocycles. The van der Waals surface area contributed by atoms with E-state index in [9.17, 15) is 5.26 Å². The number of nitriles is 1. The van der Waals surface area contributed by atoms with Gasteiger partial charge in [-0.3, -0.25) is 4.98 Å². The number of rotatable bonds is 3. The van der Waals surface area contributed by atoms with E-state index in [2.05, 4.69) is 124 Å². The Hall–Kier alpha value is -6.64. The summed E-state index contributed by atoms with van der Waals surface area (Å²) in [6.07, 6.45) is 1.86. The second kappa shape index (κ2) is 9.68. The summed E-state index contributed by atoms with van der Waals surface area (Å²) >= 11 is 0. The van der Waals surface area contributed by atoms with E-state index in [0.29, 0.717) is 5.56 Å². The first-order valence-electron chi connectivity index (χ1n) is 15.6. The molecule has 0 fully saturated rings. The molecular weight excluding hydrogens is 576 g/mol. The summed E-state index contributed by atoms with van der Waals surface area (Å²) in [5.41, 5.74) is 12.0. The van der Waals surface area contributed by atoms with Gasteiger partial charge < -0.3 is 13.6 Å². The molecule has 0 bridgehead atoms. The minimum Gasteiger partial charge on any atom is -0.456 e. The Morgan fingerprint density at radius 2 is 1.19 bits per heavy atom. The molecule has 0 aliphatic carbocycles. The molecule has 10 rings (SSSR count). The van der Waals surface area contributed by atoms with Crippen molar-refractivity contribution in [1.29, 1.82) is 5.26 Å². The fraction of sp³-hybridized carbons (Fsp3) is 0. The summed E-state index contributed by atoms with van der Waals surface area (Å²) in [5.74, 6) is 0. The molecule has 10 aromatic rings. The number of aromatic nitrogens is 3. The Balaban J connectivity index is 1.16. The van der Waals surface area contributed by atoms with E-state index in [4.69, 9.17) is 9.40 Å². The van der Waals surface area contributed by atoms with Gasteiger partial charge in [0, 0.05) is 50.6 Å². The third-order valence-electron chi connectivity index (χ3n) is 9.36. The maximum absolute atomic E-state index is 9.57. The summed E-state index contributed by atoms with van der Waals surface area (Å²) in [6, 6.07) is 50.7. The molecule has 218 valence electrons. The third kappa shape index (κ3) is 3.73. The van der Waals surface area contributed by atoms with E-state index in [-0.39, 0.29) is 0 Å². The molecule has 0 N–H and O–H groups in total. The molecule has 0 saturated heterocycles. The van der Waals surface area contributed by atoms with Gasteiger partial charge in [-0.15, -0.1) is 0 Å². The van der Waals surface area contributed by atoms with Crippen molar-refractivity contribution in [1.82, 2.24) is 14.1 Å². The van der Waals surface area contributed by atoms with Crippen LogP contribution in [0.15, 0.2) is 150 Å². The lowest BCUT2D eigenvalue weighted by Crippen LogP contribution is -1.96. The fourth-order valence-corrected chi connectivity index (χ4v) is 7.30. The van der Waals surface area contributed by atoms with E-state index in [1.165, 1.54) is 0 Å². The van der Waals surface area contributed by atoms with Gasteiger partial charge in [0.2, 0.25) is 0 Å². The second-order valence-corrected chi connectivity index (χ2v) is 12.0. The van der Waals surface area contributed by atoms with Crippen LogP contribution in [0.4, 0.5) is 0 Å². The van der Waals surface area contributed by atoms with Crippen molar-refractivity contribution in [2.24, 2.45) is 0 Å². The molecule has 4 heterocycles. The summed E-state index contributed by atoms with van der Waals surface area (Å²) in [7, 11) is 0. The highest BCUT2D eigenvalue weighted by molar-refractivity contribution is 6.16. The first-order chi connectivity index (χ1) is 23.2. The normalized spacial score (nSPS) is 11.8. The fourth-order valence-electron chi connectivity index (χ4n) is 7.30. The van der Waals surface area contributed by atoms with Gasteiger partial charge in [0.05, 0.1) is 39.2 Å². The molecule has 0 saturated carbocycles. The lowest BCUT2D eigenvalue weighted by molar-refractivity contribution is 0.669. The molecule has 0 aliphatic rings. The molecule has 0 atom stereocenters. The van der Waals surface area contributed by atoms with E-state index in [1.54, 1.807) is 0 Å². The van der Waals surface area contributed by atoms with Gasteiger partial charge in [0.1, 0.15) is 11.2 Å². The van der Waals surface area contributed by atoms with Crippen molar-refractivity contribution in [2.75, 3.05) is 0 Å². The average molecular weight is 601 g/mol. The molecule has 0 spiro atoms. The zero-order valence-electron chi connectivity index (χ0n) is 25.1. The first-order valence-corrected chi connectivity index (χ1v) is 15.6. The van der Waals surface area contributed by atoms with Gasteiger partial charge in [-0.05, 0) is 83.9 Å². The molecule has 47 heavy (non-hydrogen) atoms. The number of furan rings is 1. The Kier molecular flexibility index (Phi) is 5.28. The van der Waals surface area contributed by atoms with Gasteiger partial charge >= 0.3 is 0 Å². The molecular formula is C42H24N4O. The highest BCUT2D eigenvalue weighted by Gasteiger charge is 2.18. The Morgan fingerprint density at radius 3 is 2.00 bits per heavy atom. The summed E-state index contributed by atoms with van der Waals surface area (Å²) in [4.78, 5) is 4.84. The Morgan fingerprint density at radius 1 is 0.489 bits per heavy atom. The van der Waals surface area contributed by atoms with Crippen LogP contribution < -0.4 is 0 Å². The Bertz CT molecular complexity index is 2930. The maximum Gasteiger partial charge on any atom is 0.137 e. The number of hydrogen-bond donors (Lipinski definition) is 0. The van der Waals surface area contributed by atoms with Crippen LogP contribution in [0.1, 0.15) is 5.56 Å². The predicted octanol–water partition coefficient (Wildman–Crippen LogP) is 10.7. The van der Waals surface area contributed by atoms with E-state index in [0.717, 1.165) is 88.2 Å². The Labute approximate surface area is 268 Å². The monoisotopic (exact) mass is 600 g/mol. The highest BCUT2D eigenvalue weighted by Crippen LogP contribution is 2.39. The van der Waals surface area contributed by atoms with Crippen LogP contribution in [0.3, 0.4) is 0 Å². The molecule has 5 heteroatoms. The minimum atomic E-state index is 0.660. The molecule has 5 nitrogen and oxygen atoms in total. The zero-order chi connectivity index (χ0) is 31.1. The smallest absolute Gasteiger partial charge is 0.137 e. The van der Waals surface area contributed by atoms with Crippen molar-refractivity contribution in [2.45, 2.75) is 0 Å². The van der Waals surface area contributed by atoms with Crippen molar-refractivity contribution >= 4 is 65.7 Å². The number of nitrogens with zero attached hydrogens (tertiary/aromatic N) is 4. The average Bonchev–Trinajstić information content (AvgIpc) is 3.77. The molecule has 0 radical (unpaired) electrons. The van der Waals surface area contributed by atoms with Gasteiger partial charge in [-0.25, -0.2) is 0 Å². The van der Waals surface area contributed by atoms with Crippen LogP contribution in [0.5, 0.6) is 0 Å². The maximum atomic E-state index is 9.57. The van der Waals surface area contributed by atoms with Gasteiger partial charge in [-0.2, -0.15) is 5.26 Å². The summed E-state index contributed by atoms with van der Waals surface area (Å²) in [6.45, 7) is 0. The molecule has 0 unspecified atom stereocenters. The lowest BCUT2D eigenvalue weighted by Gasteiger charge is -2.12. The molecule has 0 aliphatic heterocycles. The van der Waals surface area contributed by atoms with Crippen LogP contribution in [0.2, 0.25) is 0 Å². The lowest BCUT2D eigenvalue weighted by atomic mass is 10.0.